The first-order valence-electron chi connectivity index (χ1n) is 41.6. The molecule has 6 saturated heterocycles. The first-order chi connectivity index (χ1) is 57.3. The van der Waals surface area contributed by atoms with Crippen LogP contribution < -0.4 is 20.9 Å². The number of carboxylic acids is 1. The van der Waals surface area contributed by atoms with Crippen LogP contribution in [-0.4, -0.2) is 362 Å². The molecule has 4 amide bonds. The van der Waals surface area contributed by atoms with Gasteiger partial charge in [-0.3, -0.25) is 43.7 Å². The van der Waals surface area contributed by atoms with Gasteiger partial charge in [-0.15, -0.1) is 11.8 Å². The lowest BCUT2D eigenvalue weighted by Crippen LogP contribution is -2.68. The topological polar surface area (TPSA) is 629 Å². The number of hydrogen-bond acceptors (Lipinski definition) is 37. The number of nitrogens with zero attached hydrogens (tertiary/aromatic N) is 1. The number of aliphatic hydroxyl groups excluding tert-OH is 16. The van der Waals surface area contributed by atoms with E-state index in [-0.39, 0.29) is 100 Å². The number of amides is 4. The molecule has 6 heterocycles. The van der Waals surface area contributed by atoms with E-state index in [2.05, 4.69) is 22.9 Å². The van der Waals surface area contributed by atoms with Crippen molar-refractivity contribution in [2.75, 3.05) is 63.5 Å². The number of hydrogen-bond donors (Lipinski definition) is 20. The van der Waals surface area contributed by atoms with Crippen LogP contribution in [0, 0.1) is 23.7 Å². The van der Waals surface area contributed by atoms with Crippen molar-refractivity contribution in [2.24, 2.45) is 23.7 Å². The molecule has 0 aliphatic carbocycles. The van der Waals surface area contributed by atoms with Gasteiger partial charge in [-0.25, -0.2) is 9.69 Å². The lowest BCUT2D eigenvalue weighted by Gasteiger charge is -2.47. The van der Waals surface area contributed by atoms with Crippen LogP contribution in [-0.2, 0) is 85.7 Å². The summed E-state index contributed by atoms with van der Waals surface area (Å²) in [5, 5.41) is 184. The maximum atomic E-state index is 14.4. The molecule has 6 aliphatic rings. The van der Waals surface area contributed by atoms with Crippen molar-refractivity contribution < 1.29 is 177 Å². The quantitative estimate of drug-likeness (QED) is 0.0130. The number of Topliss-reactive ketones (excluding diaryl/α,β-unsaturated/α-hetero) is 4. The molecule has 0 radical (unpaired) electrons. The third kappa shape index (κ3) is 29.7. The predicted molar refractivity (Wildman–Crippen MR) is 422 cm³/mol. The Morgan fingerprint density at radius 1 is 0.636 bits per heavy atom. The third-order valence-corrected chi connectivity index (χ3v) is 23.9. The van der Waals surface area contributed by atoms with Gasteiger partial charge in [-0.1, -0.05) is 65.5 Å². The molecule has 0 saturated carbocycles. The van der Waals surface area contributed by atoms with Gasteiger partial charge in [-0.05, 0) is 90.7 Å². The number of benzene rings is 1. The fourth-order valence-corrected chi connectivity index (χ4v) is 16.1. The second-order valence-electron chi connectivity index (χ2n) is 32.1. The van der Waals surface area contributed by atoms with Crippen LogP contribution in [0.25, 0.3) is 0 Å². The molecule has 7 rings (SSSR count). The Morgan fingerprint density at radius 3 is 1.74 bits per heavy atom. The number of imide groups is 1. The van der Waals surface area contributed by atoms with E-state index < -0.39 is 263 Å². The highest BCUT2D eigenvalue weighted by Gasteiger charge is 2.57. The molecule has 0 aromatic heterocycles. The highest BCUT2D eigenvalue weighted by atomic mass is 32.2. The summed E-state index contributed by atoms with van der Waals surface area (Å²) in [7, 11) is 0. The van der Waals surface area contributed by atoms with Gasteiger partial charge in [0, 0.05) is 81.7 Å². The summed E-state index contributed by atoms with van der Waals surface area (Å²) in [6, 6.07) is 3.04. The second kappa shape index (κ2) is 50.9. The maximum Gasteiger partial charge on any atom is 0.364 e. The molecular weight excluding hydrogens is 1620 g/mol. The van der Waals surface area contributed by atoms with Crippen molar-refractivity contribution in [3.8, 4) is 0 Å². The molecule has 6 aliphatic heterocycles. The van der Waals surface area contributed by atoms with Crippen LogP contribution >= 0.6 is 11.8 Å². The Balaban J connectivity index is 0.000000737. The van der Waals surface area contributed by atoms with E-state index >= 15 is 0 Å². The number of ether oxygens (including phenoxy) is 10. The van der Waals surface area contributed by atoms with E-state index in [0.29, 0.717) is 30.5 Å². The van der Waals surface area contributed by atoms with Gasteiger partial charge in [0.25, 0.3) is 5.79 Å². The molecular formula is C80H130N4O36S. The van der Waals surface area contributed by atoms with Crippen LogP contribution in [0.2, 0.25) is 0 Å². The number of aliphatic hydroxyl groups is 16. The summed E-state index contributed by atoms with van der Waals surface area (Å²) >= 11 is 1.25. The van der Waals surface area contributed by atoms with Gasteiger partial charge in [0.1, 0.15) is 97.4 Å². The fraction of sp³-hybridized carbons (Fsp3) is 0.812. The summed E-state index contributed by atoms with van der Waals surface area (Å²) in [5.74, 6) is -10.5. The van der Waals surface area contributed by atoms with E-state index in [1.54, 1.807) is 31.2 Å². The summed E-state index contributed by atoms with van der Waals surface area (Å²) in [6.07, 6.45) is -27.7. The molecule has 41 heteroatoms. The van der Waals surface area contributed by atoms with Crippen LogP contribution in [0.3, 0.4) is 0 Å². The lowest BCUT2D eigenvalue weighted by molar-refractivity contribution is -0.344. The Morgan fingerprint density at radius 2 is 1.18 bits per heavy atom. The molecule has 121 heavy (non-hydrogen) atoms. The largest absolute Gasteiger partial charge is 0.477 e. The number of carbonyl (C=O) groups excluding carboxylic acids is 8. The highest BCUT2D eigenvalue weighted by Crippen LogP contribution is 2.39. The monoisotopic (exact) mass is 1750 g/mol. The smallest absolute Gasteiger partial charge is 0.364 e. The molecule has 692 valence electrons. The molecule has 12 unspecified atom stereocenters. The standard InChI is InChI=1S/C60H105N3O32.C20H25NO4S/c1-26-36(72)20-60(59(84)85,95-52(26)45(76)37(73)21-64)89-25-41-48(79)44(75)28(3)56(93-41)87-17-12-9-15-34(61-30(5)69)35(71)19-32(54(83)63-33(29(4)68)14-8-11-16-86-55-27(2)43(74)46(77)38(22-65)90-55)13-7-10-18-88-57-42(62-31(6)70)53(49(80)40(24-67)91-57)94-58-51(82)50(81)47(78)39(23-66)92-58;1-3-4-5-6-10-17(23)13-26-18-12-19(24)21(20(18)25)16-9-7-8-15(11-16)14(2)22/h26-28,30,32-34,36-53,55-58,61,64-67,69,72-82H,7-25H2,1-6H3,(H,62,70)(H,63,83)(H,84,85);7-9,11,18H,3-6,10,12-13H2,1-2H3/t26-,27?,28?,30?,32-,33+,34+,36?,37-,38?,39?,40?,41?,42?,43-,44-,45-,46+,47+,48+,49+,50+,51?,52-,53-,55+,56+,57+,58+,60?;/m1./s1. The number of carbonyl (C=O) groups is 9. The number of ketones is 4. The average Bonchev–Trinajstić information content (AvgIpc) is 1.28. The summed E-state index contributed by atoms with van der Waals surface area (Å²) < 4.78 is 58.0. The van der Waals surface area contributed by atoms with E-state index in [4.69, 9.17) is 47.4 Å². The number of aliphatic carboxylic acids is 1. The molecule has 0 spiro atoms. The van der Waals surface area contributed by atoms with Crippen LogP contribution in [0.5, 0.6) is 0 Å². The van der Waals surface area contributed by atoms with Gasteiger partial charge in [0.05, 0.1) is 86.2 Å². The van der Waals surface area contributed by atoms with E-state index in [1.165, 1.54) is 46.4 Å². The minimum atomic E-state index is -2.64. The second-order valence-corrected chi connectivity index (χ2v) is 33.3. The third-order valence-electron chi connectivity index (χ3n) is 22.6. The number of rotatable bonds is 49. The minimum absolute atomic E-state index is 0.00109. The zero-order chi connectivity index (χ0) is 89.9. The van der Waals surface area contributed by atoms with Crippen LogP contribution in [0.1, 0.15) is 175 Å². The zero-order valence-electron chi connectivity index (χ0n) is 69.7. The van der Waals surface area contributed by atoms with Crippen LogP contribution in [0.15, 0.2) is 24.3 Å². The normalized spacial score (nSPS) is 33.5. The summed E-state index contributed by atoms with van der Waals surface area (Å²) in [4.78, 5) is 117. The zero-order valence-corrected chi connectivity index (χ0v) is 70.5. The Kier molecular flexibility index (Phi) is 44.0. The van der Waals surface area contributed by atoms with Crippen molar-refractivity contribution in [3.05, 3.63) is 29.8 Å². The first-order valence-corrected chi connectivity index (χ1v) is 42.6. The summed E-state index contributed by atoms with van der Waals surface area (Å²) in [6.45, 7) is 7.90. The van der Waals surface area contributed by atoms with Crippen molar-refractivity contribution in [2.45, 2.75) is 329 Å². The van der Waals surface area contributed by atoms with E-state index in [9.17, 15) is 130 Å². The van der Waals surface area contributed by atoms with Gasteiger partial charge < -0.3 is 145 Å². The highest BCUT2D eigenvalue weighted by molar-refractivity contribution is 8.01. The molecule has 31 atom stereocenters. The molecule has 40 nitrogen and oxygen atoms in total. The Bertz CT molecular complexity index is 3410. The van der Waals surface area contributed by atoms with Crippen molar-refractivity contribution in [1.82, 2.24) is 16.0 Å². The van der Waals surface area contributed by atoms with Crippen molar-refractivity contribution in [3.63, 3.8) is 0 Å². The fourth-order valence-electron chi connectivity index (χ4n) is 15.1. The summed E-state index contributed by atoms with van der Waals surface area (Å²) in [5.41, 5.74) is 0.878. The number of carboxylic acid groups (broad SMARTS) is 1. The van der Waals surface area contributed by atoms with Gasteiger partial charge in [0.2, 0.25) is 23.6 Å². The van der Waals surface area contributed by atoms with E-state index in [0.717, 1.165) is 37.5 Å². The van der Waals surface area contributed by atoms with Crippen LogP contribution in [0.4, 0.5) is 5.69 Å². The first kappa shape index (κ1) is 105. The number of unbranched alkanes of at least 4 members (excludes halogenated alkanes) is 6. The lowest BCUT2D eigenvalue weighted by atomic mass is 9.84. The van der Waals surface area contributed by atoms with Gasteiger partial charge in [0.15, 0.2) is 42.5 Å². The Hall–Kier alpha value is -5.28. The van der Waals surface area contributed by atoms with Gasteiger partial charge >= 0.3 is 5.97 Å². The molecule has 20 N–H and O–H groups in total. The predicted octanol–water partition coefficient (Wildman–Crippen LogP) is -3.49. The molecule has 0 bridgehead atoms. The van der Waals surface area contributed by atoms with Gasteiger partial charge in [-0.2, -0.15) is 0 Å². The number of nitrogens with one attached hydrogen (secondary N) is 3. The Labute approximate surface area is 706 Å². The average molecular weight is 1760 g/mol. The molecule has 1 aromatic carbocycles. The number of thioether (sulfide) groups is 1. The molecule has 1 aromatic rings. The molecule has 6 fully saturated rings. The van der Waals surface area contributed by atoms with Crippen molar-refractivity contribution >= 4 is 70.2 Å². The van der Waals surface area contributed by atoms with Crippen molar-refractivity contribution in [1.29, 1.82) is 0 Å². The number of anilines is 1. The minimum Gasteiger partial charge on any atom is -0.477 e. The SMILES string of the molecule is CC(=O)NC1[C@@H](OCCCC[C@H](CC(=O)[C@H](CCCCO[C@H]2OC(COC3(C(=O)O)CC(O)[C@@H](C)[C@H]([C@H](O)[C@H](O)CO)O3)[C@H](O)[C@H](O)C2C)NC(C)O)C(=O)N[C@@H](CCCCO[C@H]2OC(CO)[C@H](O)[C@H](O)C2C)C(C)=O)OC(CO)[C@H](O)[C@@H]1O[C@@H]1OC(CO)[C@H](O)[C@H](O)C1O.CCCCCCC(=O)CSC1CC(=O)N(c2cccc(C(C)=O)c2)C1=O. The maximum absolute atomic E-state index is 14.4. The van der Waals surface area contributed by atoms with E-state index in [1.807, 2.05) is 0 Å².